The summed E-state index contributed by atoms with van der Waals surface area (Å²) in [7, 11) is 0. The van der Waals surface area contributed by atoms with Gasteiger partial charge in [-0.25, -0.2) is 9.59 Å². The number of hydrogen-bond donors (Lipinski definition) is 0. The first kappa shape index (κ1) is 16.0. The topological polar surface area (TPSA) is 71.1 Å². The lowest BCUT2D eigenvalue weighted by Crippen LogP contribution is -2.16. The van der Waals surface area contributed by atoms with Gasteiger partial charge in [0.25, 0.3) is 0 Å². The molecule has 1 aromatic rings. The van der Waals surface area contributed by atoms with Crippen LogP contribution in [0, 0.1) is 0 Å². The number of hydrogen-bond acceptors (Lipinski definition) is 6. The van der Waals surface area contributed by atoms with Gasteiger partial charge in [-0.2, -0.15) is 0 Å². The van der Waals surface area contributed by atoms with E-state index in [1.165, 1.54) is 0 Å². The van der Waals surface area contributed by atoms with Crippen molar-refractivity contribution in [1.29, 1.82) is 0 Å². The van der Waals surface area contributed by atoms with Crippen LogP contribution in [-0.4, -0.2) is 38.6 Å². The second-order valence-corrected chi connectivity index (χ2v) is 3.63. The van der Waals surface area contributed by atoms with Crippen molar-refractivity contribution < 1.29 is 28.5 Å². The first-order chi connectivity index (χ1) is 9.69. The van der Waals surface area contributed by atoms with E-state index in [4.69, 9.17) is 18.9 Å². The highest BCUT2D eigenvalue weighted by Gasteiger charge is 2.13. The van der Waals surface area contributed by atoms with Gasteiger partial charge in [0, 0.05) is 0 Å². The van der Waals surface area contributed by atoms with E-state index >= 15 is 0 Å². The Kier molecular flexibility index (Phi) is 7.13. The van der Waals surface area contributed by atoms with Crippen LogP contribution in [0.5, 0.6) is 5.75 Å². The lowest BCUT2D eigenvalue weighted by atomic mass is 10.2. The van der Waals surface area contributed by atoms with Gasteiger partial charge >= 0.3 is 11.9 Å². The maximum absolute atomic E-state index is 11.7. The Labute approximate surface area is 117 Å². The van der Waals surface area contributed by atoms with Crippen LogP contribution in [0.1, 0.15) is 24.2 Å². The van der Waals surface area contributed by atoms with Gasteiger partial charge in [-0.05, 0) is 26.0 Å². The number of ether oxygens (including phenoxy) is 4. The average Bonchev–Trinajstić information content (AvgIpc) is 2.44. The third-order valence-corrected chi connectivity index (χ3v) is 2.21. The predicted octanol–water partition coefficient (Wildman–Crippen LogP) is 1.78. The molecular formula is C14H18O6. The molecule has 0 saturated heterocycles. The number of benzene rings is 1. The van der Waals surface area contributed by atoms with E-state index in [1.807, 2.05) is 0 Å². The van der Waals surface area contributed by atoms with Crippen molar-refractivity contribution in [2.75, 3.05) is 26.6 Å². The number of carbonyl (C=O) groups excluding carboxylic acids is 2. The Balaban J connectivity index is 2.47. The Morgan fingerprint density at radius 2 is 1.75 bits per heavy atom. The number of carbonyl (C=O) groups is 2. The fourth-order valence-electron chi connectivity index (χ4n) is 1.40. The second-order valence-electron chi connectivity index (χ2n) is 3.63. The van der Waals surface area contributed by atoms with Crippen LogP contribution in [0.3, 0.4) is 0 Å². The molecule has 6 nitrogen and oxygen atoms in total. The highest BCUT2D eigenvalue weighted by atomic mass is 16.7. The van der Waals surface area contributed by atoms with Crippen LogP contribution in [0.2, 0.25) is 0 Å². The fourth-order valence-corrected chi connectivity index (χ4v) is 1.40. The smallest absolute Gasteiger partial charge is 0.341 e. The lowest BCUT2D eigenvalue weighted by molar-refractivity contribution is -0.151. The van der Waals surface area contributed by atoms with Crippen molar-refractivity contribution in [2.45, 2.75) is 13.8 Å². The molecule has 0 radical (unpaired) electrons. The molecule has 0 aliphatic heterocycles. The minimum absolute atomic E-state index is 0.158. The second kappa shape index (κ2) is 8.92. The summed E-state index contributed by atoms with van der Waals surface area (Å²) < 4.78 is 19.9. The summed E-state index contributed by atoms with van der Waals surface area (Å²) in [6.07, 6.45) is 0. The van der Waals surface area contributed by atoms with Crippen LogP contribution >= 0.6 is 0 Å². The SMILES string of the molecule is CCOC(=O)COCOc1ccccc1C(=O)OCC. The number of esters is 2. The van der Waals surface area contributed by atoms with E-state index in [0.29, 0.717) is 17.9 Å². The van der Waals surface area contributed by atoms with Crippen LogP contribution in [-0.2, 0) is 19.0 Å². The van der Waals surface area contributed by atoms with Gasteiger partial charge in [0.15, 0.2) is 6.79 Å². The Bertz CT molecular complexity index is 443. The van der Waals surface area contributed by atoms with Crippen molar-refractivity contribution in [3.63, 3.8) is 0 Å². The zero-order valence-corrected chi connectivity index (χ0v) is 11.6. The van der Waals surface area contributed by atoms with Crippen molar-refractivity contribution in [3.05, 3.63) is 29.8 Å². The molecule has 0 unspecified atom stereocenters. The number of rotatable bonds is 8. The molecule has 0 N–H and O–H groups in total. The molecule has 0 aliphatic rings. The molecule has 0 aliphatic carbocycles. The summed E-state index contributed by atoms with van der Waals surface area (Å²) >= 11 is 0. The minimum Gasteiger partial charge on any atom is -0.467 e. The molecule has 0 aromatic heterocycles. The maximum Gasteiger partial charge on any atom is 0.341 e. The van der Waals surface area contributed by atoms with Crippen molar-refractivity contribution in [2.24, 2.45) is 0 Å². The zero-order valence-electron chi connectivity index (χ0n) is 11.6. The summed E-state index contributed by atoms with van der Waals surface area (Å²) in [6.45, 7) is 3.67. The molecule has 0 fully saturated rings. The highest BCUT2D eigenvalue weighted by Crippen LogP contribution is 2.18. The van der Waals surface area contributed by atoms with Crippen molar-refractivity contribution in [1.82, 2.24) is 0 Å². The normalized spacial score (nSPS) is 9.90. The van der Waals surface area contributed by atoms with Crippen LogP contribution in [0.15, 0.2) is 24.3 Å². The summed E-state index contributed by atoms with van der Waals surface area (Å²) in [5, 5.41) is 0. The molecule has 20 heavy (non-hydrogen) atoms. The van der Waals surface area contributed by atoms with Crippen LogP contribution < -0.4 is 4.74 Å². The van der Waals surface area contributed by atoms with Crippen molar-refractivity contribution in [3.8, 4) is 5.75 Å². The number of para-hydroxylation sites is 1. The Morgan fingerprint density at radius 1 is 1.05 bits per heavy atom. The van der Waals surface area contributed by atoms with E-state index < -0.39 is 11.9 Å². The van der Waals surface area contributed by atoms with Gasteiger partial charge in [0.1, 0.15) is 17.9 Å². The maximum atomic E-state index is 11.7. The van der Waals surface area contributed by atoms with Gasteiger partial charge in [-0.3, -0.25) is 0 Å². The molecule has 6 heteroatoms. The van der Waals surface area contributed by atoms with E-state index in [9.17, 15) is 9.59 Å². The molecule has 1 aromatic carbocycles. The Morgan fingerprint density at radius 3 is 2.45 bits per heavy atom. The monoisotopic (exact) mass is 282 g/mol. The molecular weight excluding hydrogens is 264 g/mol. The fraction of sp³-hybridized carbons (Fsp3) is 0.429. The molecule has 0 amide bonds. The third-order valence-electron chi connectivity index (χ3n) is 2.21. The lowest BCUT2D eigenvalue weighted by Gasteiger charge is -2.10. The van der Waals surface area contributed by atoms with Gasteiger partial charge < -0.3 is 18.9 Å². The molecule has 0 spiro atoms. The van der Waals surface area contributed by atoms with Crippen LogP contribution in [0.4, 0.5) is 0 Å². The Hall–Kier alpha value is -2.08. The van der Waals surface area contributed by atoms with Gasteiger partial charge in [0.2, 0.25) is 0 Å². The minimum atomic E-state index is -0.464. The first-order valence-corrected chi connectivity index (χ1v) is 6.31. The molecule has 0 bridgehead atoms. The average molecular weight is 282 g/mol. The van der Waals surface area contributed by atoms with Crippen LogP contribution in [0.25, 0.3) is 0 Å². The molecule has 0 heterocycles. The molecule has 0 saturated carbocycles. The summed E-state index contributed by atoms with van der Waals surface area (Å²) in [5.74, 6) is -0.585. The first-order valence-electron chi connectivity index (χ1n) is 6.31. The third kappa shape index (κ3) is 5.27. The predicted molar refractivity (Wildman–Crippen MR) is 70.5 cm³/mol. The largest absolute Gasteiger partial charge is 0.467 e. The zero-order chi connectivity index (χ0) is 14.8. The van der Waals surface area contributed by atoms with Gasteiger partial charge in [0.05, 0.1) is 13.2 Å². The standard InChI is InChI=1S/C14H18O6/c1-3-18-13(15)9-17-10-20-12-8-6-5-7-11(12)14(16)19-4-2/h5-8H,3-4,9-10H2,1-2H3. The summed E-state index contributed by atoms with van der Waals surface area (Å²) in [5.41, 5.74) is 0.314. The molecule has 110 valence electrons. The van der Waals surface area contributed by atoms with E-state index in [2.05, 4.69) is 0 Å². The van der Waals surface area contributed by atoms with Gasteiger partial charge in [-0.1, -0.05) is 12.1 Å². The molecule has 1 rings (SSSR count). The quantitative estimate of drug-likeness (QED) is 0.411. The summed E-state index contributed by atoms with van der Waals surface area (Å²) in [6, 6.07) is 6.65. The van der Waals surface area contributed by atoms with Gasteiger partial charge in [-0.15, -0.1) is 0 Å². The van der Waals surface area contributed by atoms with E-state index in [-0.39, 0.29) is 20.0 Å². The van der Waals surface area contributed by atoms with E-state index in [1.54, 1.807) is 38.1 Å². The van der Waals surface area contributed by atoms with E-state index in [0.717, 1.165) is 0 Å². The van der Waals surface area contributed by atoms with Crippen molar-refractivity contribution >= 4 is 11.9 Å². The summed E-state index contributed by atoms with van der Waals surface area (Å²) in [4.78, 5) is 22.7. The molecule has 0 atom stereocenters. The highest BCUT2D eigenvalue weighted by molar-refractivity contribution is 5.92.